The maximum atomic E-state index is 5.41. The normalized spacial score (nSPS) is 42.7. The van der Waals surface area contributed by atoms with Crippen LogP contribution in [0.2, 0.25) is 0 Å². The summed E-state index contributed by atoms with van der Waals surface area (Å²) in [6, 6.07) is 0. The van der Waals surface area contributed by atoms with Crippen molar-refractivity contribution in [3.05, 3.63) is 0 Å². The Labute approximate surface area is 60.2 Å². The summed E-state index contributed by atoms with van der Waals surface area (Å²) in [5, 5.41) is 1.79. The van der Waals surface area contributed by atoms with Crippen molar-refractivity contribution >= 4 is 11.8 Å². The quantitative estimate of drug-likeness (QED) is 0.511. The van der Waals surface area contributed by atoms with E-state index < -0.39 is 0 Å². The molecule has 0 radical (unpaired) electrons. The van der Waals surface area contributed by atoms with Crippen LogP contribution in [0.5, 0.6) is 0 Å². The molecule has 1 nitrogen and oxygen atoms in total. The van der Waals surface area contributed by atoms with E-state index in [1.807, 2.05) is 0 Å². The first kappa shape index (κ1) is 6.05. The summed E-state index contributed by atoms with van der Waals surface area (Å²) in [4.78, 5) is 0. The first-order valence-electron chi connectivity index (χ1n) is 3.68. The van der Waals surface area contributed by atoms with Gasteiger partial charge in [-0.3, -0.25) is 0 Å². The van der Waals surface area contributed by atoms with Crippen LogP contribution in [-0.4, -0.2) is 23.7 Å². The molecule has 9 heavy (non-hydrogen) atoms. The molecule has 2 aliphatic heterocycles. The molecular weight excluding hydrogens is 132 g/mol. The molecule has 2 unspecified atom stereocenters. The molecule has 2 aliphatic rings. The van der Waals surface area contributed by atoms with Crippen LogP contribution in [0.3, 0.4) is 0 Å². The van der Waals surface area contributed by atoms with Crippen molar-refractivity contribution in [3.63, 3.8) is 0 Å². The molecule has 0 saturated carbocycles. The van der Waals surface area contributed by atoms with Gasteiger partial charge in [-0.2, -0.15) is 11.8 Å². The maximum Gasteiger partial charge on any atom is 0.0585 e. The highest BCUT2D eigenvalue weighted by molar-refractivity contribution is 8.00. The van der Waals surface area contributed by atoms with Crippen LogP contribution in [-0.2, 0) is 4.74 Å². The lowest BCUT2D eigenvalue weighted by Crippen LogP contribution is -2.08. The highest BCUT2D eigenvalue weighted by atomic mass is 32.2. The fraction of sp³-hybridized carbons (Fsp3) is 1.00. The van der Waals surface area contributed by atoms with E-state index in [1.54, 1.807) is 0 Å². The Kier molecular flexibility index (Phi) is 1.68. The van der Waals surface area contributed by atoms with Gasteiger partial charge >= 0.3 is 0 Å². The minimum absolute atomic E-state index is 0.845. The Morgan fingerprint density at radius 3 is 3.00 bits per heavy atom. The predicted molar refractivity (Wildman–Crippen MR) is 39.8 cm³/mol. The van der Waals surface area contributed by atoms with E-state index in [1.165, 1.54) is 19.3 Å². The molecule has 0 spiro atoms. The molecule has 2 fully saturated rings. The zero-order chi connectivity index (χ0) is 6.10. The van der Waals surface area contributed by atoms with Gasteiger partial charge in [-0.1, -0.05) is 0 Å². The van der Waals surface area contributed by atoms with Crippen molar-refractivity contribution in [1.29, 1.82) is 0 Å². The smallest absolute Gasteiger partial charge is 0.0585 e. The second-order valence-corrected chi connectivity index (χ2v) is 4.43. The number of hydrogen-bond acceptors (Lipinski definition) is 2. The summed E-state index contributed by atoms with van der Waals surface area (Å²) < 4.78 is 5.41. The average molecular weight is 144 g/mol. The molecule has 2 heteroatoms. The number of rotatable bonds is 0. The third-order valence-electron chi connectivity index (χ3n) is 2.08. The van der Waals surface area contributed by atoms with E-state index >= 15 is 0 Å². The molecule has 2 rings (SSSR count). The number of fused-ring (bicyclic) bond motifs is 2. The molecule has 0 aromatic carbocycles. The van der Waals surface area contributed by atoms with E-state index in [4.69, 9.17) is 4.74 Å². The van der Waals surface area contributed by atoms with Crippen LogP contribution in [0.15, 0.2) is 0 Å². The van der Waals surface area contributed by atoms with Crippen LogP contribution in [0, 0.1) is 0 Å². The Hall–Kier alpha value is 0.310. The first-order chi connectivity index (χ1) is 4.45. The lowest BCUT2D eigenvalue weighted by molar-refractivity contribution is 0.128. The number of ether oxygens (including phenoxy) is 1. The SMILES string of the molecule is C1CC2CCC(CO1)S2. The topological polar surface area (TPSA) is 9.23 Å². The van der Waals surface area contributed by atoms with E-state index in [0.29, 0.717) is 0 Å². The fourth-order valence-corrected chi connectivity index (χ4v) is 3.04. The Morgan fingerprint density at radius 2 is 2.00 bits per heavy atom. The van der Waals surface area contributed by atoms with E-state index in [-0.39, 0.29) is 0 Å². The molecule has 2 atom stereocenters. The lowest BCUT2D eigenvalue weighted by Gasteiger charge is -2.05. The third-order valence-corrected chi connectivity index (χ3v) is 3.70. The number of hydrogen-bond donors (Lipinski definition) is 0. The van der Waals surface area contributed by atoms with Gasteiger partial charge in [-0.05, 0) is 19.3 Å². The van der Waals surface area contributed by atoms with Gasteiger partial charge in [0, 0.05) is 17.1 Å². The van der Waals surface area contributed by atoms with Gasteiger partial charge in [0.15, 0.2) is 0 Å². The predicted octanol–water partition coefficient (Wildman–Crippen LogP) is 1.67. The molecule has 2 saturated heterocycles. The summed E-state index contributed by atoms with van der Waals surface area (Å²) in [6.45, 7) is 2.02. The molecule has 0 aliphatic carbocycles. The van der Waals surface area contributed by atoms with Crippen LogP contribution in [0.25, 0.3) is 0 Å². The van der Waals surface area contributed by atoms with Crippen molar-refractivity contribution in [2.45, 2.75) is 29.8 Å². The monoisotopic (exact) mass is 144 g/mol. The van der Waals surface area contributed by atoms with Gasteiger partial charge in [0.1, 0.15) is 0 Å². The molecule has 2 heterocycles. The Bertz CT molecular complexity index is 93.1. The molecule has 52 valence electrons. The standard InChI is InChI=1S/C7H12OS/c1-2-7-5-8-4-3-6(1)9-7/h6-7H,1-5H2. The lowest BCUT2D eigenvalue weighted by atomic mass is 10.1. The zero-order valence-corrected chi connectivity index (χ0v) is 6.32. The van der Waals surface area contributed by atoms with Crippen LogP contribution in [0.1, 0.15) is 19.3 Å². The van der Waals surface area contributed by atoms with Gasteiger partial charge in [0.2, 0.25) is 0 Å². The average Bonchev–Trinajstić information content (AvgIpc) is 2.09. The summed E-state index contributed by atoms with van der Waals surface area (Å²) in [5.74, 6) is 0. The van der Waals surface area contributed by atoms with Gasteiger partial charge in [0.25, 0.3) is 0 Å². The van der Waals surface area contributed by atoms with E-state index in [0.717, 1.165) is 23.7 Å². The number of thioether (sulfide) groups is 1. The van der Waals surface area contributed by atoms with Gasteiger partial charge in [-0.25, -0.2) is 0 Å². The zero-order valence-electron chi connectivity index (χ0n) is 5.51. The molecule has 0 amide bonds. The van der Waals surface area contributed by atoms with Crippen molar-refractivity contribution in [1.82, 2.24) is 0 Å². The van der Waals surface area contributed by atoms with Gasteiger partial charge in [-0.15, -0.1) is 0 Å². The van der Waals surface area contributed by atoms with E-state index in [2.05, 4.69) is 11.8 Å². The Balaban J connectivity index is 1.99. The van der Waals surface area contributed by atoms with Crippen LogP contribution >= 0.6 is 11.8 Å². The highest BCUT2D eigenvalue weighted by Gasteiger charge is 2.27. The third kappa shape index (κ3) is 1.24. The van der Waals surface area contributed by atoms with E-state index in [9.17, 15) is 0 Å². The molecule has 0 aromatic heterocycles. The Morgan fingerprint density at radius 1 is 1.11 bits per heavy atom. The second-order valence-electron chi connectivity index (χ2n) is 2.82. The maximum absolute atomic E-state index is 5.41. The van der Waals surface area contributed by atoms with Gasteiger partial charge in [0.05, 0.1) is 6.61 Å². The van der Waals surface area contributed by atoms with Crippen molar-refractivity contribution in [2.75, 3.05) is 13.2 Å². The minimum atomic E-state index is 0.845. The van der Waals surface area contributed by atoms with Gasteiger partial charge < -0.3 is 4.74 Å². The summed E-state index contributed by atoms with van der Waals surface area (Å²) in [7, 11) is 0. The van der Waals surface area contributed by atoms with Crippen molar-refractivity contribution in [3.8, 4) is 0 Å². The molecule has 0 aromatic rings. The van der Waals surface area contributed by atoms with Crippen molar-refractivity contribution in [2.24, 2.45) is 0 Å². The summed E-state index contributed by atoms with van der Waals surface area (Å²) in [6.07, 6.45) is 4.13. The molecule has 2 bridgehead atoms. The van der Waals surface area contributed by atoms with Crippen LogP contribution in [0.4, 0.5) is 0 Å². The van der Waals surface area contributed by atoms with Crippen LogP contribution < -0.4 is 0 Å². The second kappa shape index (κ2) is 2.51. The summed E-state index contributed by atoms with van der Waals surface area (Å²) in [5.41, 5.74) is 0. The van der Waals surface area contributed by atoms with Crippen molar-refractivity contribution < 1.29 is 4.74 Å². The first-order valence-corrected chi connectivity index (χ1v) is 4.62. The molecular formula is C7H12OS. The fourth-order valence-electron chi connectivity index (χ4n) is 1.54. The molecule has 0 N–H and O–H groups in total. The summed E-state index contributed by atoms with van der Waals surface area (Å²) >= 11 is 2.15. The highest BCUT2D eigenvalue weighted by Crippen LogP contribution is 2.37. The largest absolute Gasteiger partial charge is 0.380 e. The minimum Gasteiger partial charge on any atom is -0.380 e.